The van der Waals surface area contributed by atoms with Gasteiger partial charge in [-0.1, -0.05) is 56.3 Å². The molecule has 0 aliphatic rings. The summed E-state index contributed by atoms with van der Waals surface area (Å²) in [5.41, 5.74) is 1.45. The highest BCUT2D eigenvalue weighted by Crippen LogP contribution is 2.22. The van der Waals surface area contributed by atoms with Gasteiger partial charge in [0.2, 0.25) is 0 Å². The average Bonchev–Trinajstić information content (AvgIpc) is 2.29. The lowest BCUT2D eigenvalue weighted by Gasteiger charge is -2.10. The molecule has 0 saturated heterocycles. The van der Waals surface area contributed by atoms with Crippen molar-refractivity contribution in [3.63, 3.8) is 0 Å². The molecule has 0 aliphatic carbocycles. The minimum Gasteiger partial charge on any atom is -0.0648 e. The molecule has 0 bridgehead atoms. The van der Waals surface area contributed by atoms with Crippen molar-refractivity contribution >= 4 is 10.8 Å². The van der Waals surface area contributed by atoms with Crippen LogP contribution in [0.1, 0.15) is 25.8 Å². The zero-order valence-electron chi connectivity index (χ0n) is 9.46. The van der Waals surface area contributed by atoms with Crippen LogP contribution in [-0.4, -0.2) is 0 Å². The maximum atomic E-state index is 2.24. The van der Waals surface area contributed by atoms with E-state index in [1.807, 2.05) is 0 Å². The van der Waals surface area contributed by atoms with Gasteiger partial charge in [0.25, 0.3) is 0 Å². The van der Waals surface area contributed by atoms with Gasteiger partial charge in [0.05, 0.1) is 0 Å². The first-order valence-corrected chi connectivity index (χ1v) is 5.59. The molecule has 0 heteroatoms. The smallest absolute Gasteiger partial charge is 0.0152 e. The first kappa shape index (κ1) is 10.2. The second-order valence-corrected chi connectivity index (χ2v) is 4.13. The zero-order valence-corrected chi connectivity index (χ0v) is 9.46. The lowest BCUT2D eigenvalue weighted by atomic mass is 9.95. The van der Waals surface area contributed by atoms with Crippen LogP contribution in [0.2, 0.25) is 0 Å². The molecule has 0 atom stereocenters. The highest BCUT2D eigenvalue weighted by atomic mass is 14.1. The van der Waals surface area contributed by atoms with Crippen LogP contribution in [0.25, 0.3) is 10.8 Å². The van der Waals surface area contributed by atoms with E-state index in [-0.39, 0.29) is 0 Å². The summed E-state index contributed by atoms with van der Waals surface area (Å²) in [5, 5.41) is 2.74. The Morgan fingerprint density at radius 3 is 2.53 bits per heavy atom. The van der Waals surface area contributed by atoms with E-state index < -0.39 is 0 Å². The largest absolute Gasteiger partial charge is 0.0648 e. The third kappa shape index (κ3) is 2.20. The fourth-order valence-corrected chi connectivity index (χ4v) is 1.90. The van der Waals surface area contributed by atoms with Crippen molar-refractivity contribution in [3.05, 3.63) is 53.9 Å². The van der Waals surface area contributed by atoms with Crippen molar-refractivity contribution < 1.29 is 0 Å². The first-order chi connectivity index (χ1) is 7.31. The highest BCUT2D eigenvalue weighted by molar-refractivity contribution is 5.85. The minimum atomic E-state index is 1.11. The highest BCUT2D eigenvalue weighted by Gasteiger charge is 2.04. The van der Waals surface area contributed by atoms with E-state index in [4.69, 9.17) is 0 Å². The van der Waals surface area contributed by atoms with Crippen LogP contribution >= 0.6 is 0 Å². The topological polar surface area (TPSA) is 0 Å². The number of benzene rings is 2. The van der Waals surface area contributed by atoms with Crippen LogP contribution in [0.5, 0.6) is 0 Å². The summed E-state index contributed by atoms with van der Waals surface area (Å²) in [6, 6.07) is 15.2. The van der Waals surface area contributed by atoms with Crippen LogP contribution in [-0.2, 0) is 6.42 Å². The van der Waals surface area contributed by atoms with Gasteiger partial charge in [0.15, 0.2) is 0 Å². The van der Waals surface area contributed by atoms with E-state index in [9.17, 15) is 0 Å². The van der Waals surface area contributed by atoms with Gasteiger partial charge < -0.3 is 0 Å². The Hall–Kier alpha value is -1.30. The Bertz CT molecular complexity index is 437. The van der Waals surface area contributed by atoms with Crippen molar-refractivity contribution in [1.82, 2.24) is 0 Å². The molecule has 2 aromatic carbocycles. The molecular weight excluding hydrogens is 180 g/mol. The Morgan fingerprint density at radius 1 is 1.00 bits per heavy atom. The Labute approximate surface area is 91.9 Å². The van der Waals surface area contributed by atoms with E-state index in [2.05, 4.69) is 56.3 Å². The normalized spacial score (nSPS) is 11.1. The van der Waals surface area contributed by atoms with Crippen molar-refractivity contribution in [1.29, 1.82) is 0 Å². The number of hydrogen-bond donors (Lipinski definition) is 0. The van der Waals surface area contributed by atoms with Gasteiger partial charge >= 0.3 is 0 Å². The third-order valence-corrected chi connectivity index (χ3v) is 2.98. The van der Waals surface area contributed by atoms with Gasteiger partial charge in [0, 0.05) is 0 Å². The lowest BCUT2D eigenvalue weighted by molar-refractivity contribution is 0.845. The first-order valence-electron chi connectivity index (χ1n) is 5.59. The van der Waals surface area contributed by atoms with Gasteiger partial charge in [0.1, 0.15) is 0 Å². The van der Waals surface area contributed by atoms with Crippen LogP contribution < -0.4 is 0 Å². The minimum absolute atomic E-state index is 1.11. The van der Waals surface area contributed by atoms with E-state index in [0.717, 1.165) is 6.42 Å². The summed E-state index contributed by atoms with van der Waals surface area (Å²) in [6.07, 6.45) is 2.28. The van der Waals surface area contributed by atoms with Crippen molar-refractivity contribution in [2.75, 3.05) is 0 Å². The summed E-state index contributed by atoms with van der Waals surface area (Å²) in [7, 11) is 0. The summed E-state index contributed by atoms with van der Waals surface area (Å²) >= 11 is 0. The van der Waals surface area contributed by atoms with E-state index >= 15 is 0 Å². The fraction of sp³-hybridized carbons (Fsp3) is 0.267. The summed E-state index contributed by atoms with van der Waals surface area (Å²) in [4.78, 5) is 0. The molecule has 77 valence electrons. The molecule has 0 fully saturated rings. The van der Waals surface area contributed by atoms with Gasteiger partial charge in [-0.05, 0) is 35.1 Å². The van der Waals surface area contributed by atoms with Crippen molar-refractivity contribution in [3.8, 4) is 0 Å². The Morgan fingerprint density at radius 2 is 1.73 bits per heavy atom. The maximum absolute atomic E-state index is 2.24. The monoisotopic (exact) mass is 197 g/mol. The van der Waals surface area contributed by atoms with Crippen LogP contribution in [0.15, 0.2) is 42.5 Å². The summed E-state index contributed by atoms with van der Waals surface area (Å²) in [6.45, 7) is 4.46. The predicted molar refractivity (Wildman–Crippen MR) is 66.9 cm³/mol. The van der Waals surface area contributed by atoms with Gasteiger partial charge in [-0.15, -0.1) is 0 Å². The average molecular weight is 197 g/mol. The maximum Gasteiger partial charge on any atom is -0.0152 e. The molecule has 0 amide bonds. The number of fused-ring (bicyclic) bond motifs is 1. The lowest BCUT2D eigenvalue weighted by Crippen LogP contribution is -1.96. The van der Waals surface area contributed by atoms with Gasteiger partial charge in [-0.25, -0.2) is 0 Å². The predicted octanol–water partition coefficient (Wildman–Crippen LogP) is 4.39. The number of hydrogen-bond acceptors (Lipinski definition) is 0. The zero-order chi connectivity index (χ0) is 10.7. The van der Waals surface area contributed by atoms with Crippen LogP contribution in [0, 0.1) is 5.92 Å². The van der Waals surface area contributed by atoms with Crippen LogP contribution in [0.4, 0.5) is 0 Å². The summed E-state index contributed by atoms with van der Waals surface area (Å²) < 4.78 is 0. The fourth-order valence-electron chi connectivity index (χ4n) is 1.90. The van der Waals surface area contributed by atoms with Gasteiger partial charge in [-0.2, -0.15) is 0 Å². The summed E-state index contributed by atoms with van der Waals surface area (Å²) in [5.74, 6) is 1.55. The SMILES string of the molecule is CC[C](C)Cc1cccc2ccccc12. The quantitative estimate of drug-likeness (QED) is 0.684. The molecule has 0 unspecified atom stereocenters. The third-order valence-electron chi connectivity index (χ3n) is 2.98. The molecule has 2 aromatic rings. The molecule has 0 heterocycles. The molecule has 0 saturated carbocycles. The van der Waals surface area contributed by atoms with E-state index in [0.29, 0.717) is 0 Å². The Balaban J connectivity index is 2.42. The van der Waals surface area contributed by atoms with Crippen LogP contribution in [0.3, 0.4) is 0 Å². The molecule has 1 radical (unpaired) electrons. The molecule has 0 nitrogen and oxygen atoms in total. The molecule has 2 rings (SSSR count). The molecule has 0 aromatic heterocycles. The Kier molecular flexibility index (Phi) is 3.05. The molecule has 0 aliphatic heterocycles. The molecule has 0 N–H and O–H groups in total. The van der Waals surface area contributed by atoms with Gasteiger partial charge in [-0.3, -0.25) is 0 Å². The van der Waals surface area contributed by atoms with Crippen molar-refractivity contribution in [2.45, 2.75) is 26.7 Å². The van der Waals surface area contributed by atoms with E-state index in [1.165, 1.54) is 22.8 Å². The van der Waals surface area contributed by atoms with E-state index in [1.54, 1.807) is 5.92 Å². The standard InChI is InChI=1S/C15H17/c1-3-12(2)11-14-9-6-8-13-7-4-5-10-15(13)14/h4-10H,3,11H2,1-2H3. The molecular formula is C15H17. The molecule has 15 heavy (non-hydrogen) atoms. The molecule has 0 spiro atoms. The second-order valence-electron chi connectivity index (χ2n) is 4.13. The van der Waals surface area contributed by atoms with Crippen molar-refractivity contribution in [2.24, 2.45) is 0 Å². The number of rotatable bonds is 3. The second kappa shape index (κ2) is 4.48.